The molecule has 2 N–H and O–H groups in total. The molecule has 2 rings (SSSR count). The van der Waals surface area contributed by atoms with E-state index in [4.69, 9.17) is 21.4 Å². The molecule has 2 aromatic rings. The smallest absolute Gasteiger partial charge is 0.322 e. The number of para-hydroxylation sites is 1. The summed E-state index contributed by atoms with van der Waals surface area (Å²) in [5.74, 6) is -0.762. The van der Waals surface area contributed by atoms with Gasteiger partial charge < -0.3 is 9.84 Å². The van der Waals surface area contributed by atoms with Crippen molar-refractivity contribution in [2.24, 2.45) is 5.92 Å². The molecule has 0 fully saturated rings. The quantitative estimate of drug-likeness (QED) is 0.763. The van der Waals surface area contributed by atoms with Crippen LogP contribution in [0.2, 0.25) is 5.02 Å². The molecule has 0 heterocycles. The second-order valence-electron chi connectivity index (χ2n) is 5.69. The van der Waals surface area contributed by atoms with Gasteiger partial charge in [-0.15, -0.1) is 0 Å². The Kier molecular flexibility index (Phi) is 6.05. The topological polar surface area (TPSA) is 92.7 Å². The highest BCUT2D eigenvalue weighted by Gasteiger charge is 2.27. The Hall–Kier alpha value is -2.09. The number of aliphatic carboxylic acids is 1. The third-order valence-electron chi connectivity index (χ3n) is 3.41. The fraction of sp³-hybridized carbons (Fsp3) is 0.235. The zero-order valence-corrected chi connectivity index (χ0v) is 15.2. The molecule has 0 radical (unpaired) electrons. The van der Waals surface area contributed by atoms with Gasteiger partial charge in [-0.05, 0) is 42.3 Å². The summed E-state index contributed by atoms with van der Waals surface area (Å²) in [7, 11) is -3.96. The summed E-state index contributed by atoms with van der Waals surface area (Å²) in [6.07, 6.45) is 0. The number of hydrogen-bond donors (Lipinski definition) is 2. The zero-order chi connectivity index (χ0) is 18.6. The van der Waals surface area contributed by atoms with E-state index in [0.29, 0.717) is 16.5 Å². The maximum atomic E-state index is 12.3. The van der Waals surface area contributed by atoms with E-state index >= 15 is 0 Å². The largest absolute Gasteiger partial charge is 0.480 e. The fourth-order valence-electron chi connectivity index (χ4n) is 2.05. The number of rotatable bonds is 7. The molecule has 8 heteroatoms. The highest BCUT2D eigenvalue weighted by atomic mass is 35.5. The second kappa shape index (κ2) is 7.86. The van der Waals surface area contributed by atoms with Crippen LogP contribution in [0.25, 0.3) is 0 Å². The molecule has 0 aliphatic rings. The van der Waals surface area contributed by atoms with E-state index in [1.807, 2.05) is 0 Å². The monoisotopic (exact) mass is 383 g/mol. The van der Waals surface area contributed by atoms with Crippen molar-refractivity contribution >= 4 is 27.6 Å². The molecule has 0 saturated carbocycles. The van der Waals surface area contributed by atoms with Gasteiger partial charge in [-0.25, -0.2) is 8.42 Å². The number of hydrogen-bond acceptors (Lipinski definition) is 4. The molecule has 6 nitrogen and oxygen atoms in total. The fourth-order valence-corrected chi connectivity index (χ4v) is 3.56. The second-order valence-corrected chi connectivity index (χ2v) is 7.81. The van der Waals surface area contributed by atoms with Crippen molar-refractivity contribution in [3.8, 4) is 11.5 Å². The molecule has 2 aromatic carbocycles. The summed E-state index contributed by atoms with van der Waals surface area (Å²) in [5, 5.41) is 9.56. The van der Waals surface area contributed by atoms with Gasteiger partial charge in [0.05, 0.1) is 9.92 Å². The number of halogens is 1. The lowest BCUT2D eigenvalue weighted by atomic mass is 10.1. The van der Waals surface area contributed by atoms with Crippen LogP contribution in [0.4, 0.5) is 0 Å². The number of sulfonamides is 1. The summed E-state index contributed by atoms with van der Waals surface area (Å²) in [6, 6.07) is 11.3. The predicted molar refractivity (Wildman–Crippen MR) is 94.6 cm³/mol. The van der Waals surface area contributed by atoms with E-state index in [9.17, 15) is 13.2 Å². The summed E-state index contributed by atoms with van der Waals surface area (Å²) >= 11 is 6.01. The molecule has 0 aliphatic heterocycles. The van der Waals surface area contributed by atoms with Crippen LogP contribution in [0.15, 0.2) is 53.4 Å². The zero-order valence-electron chi connectivity index (χ0n) is 13.6. The summed E-state index contributed by atoms with van der Waals surface area (Å²) < 4.78 is 32.5. The van der Waals surface area contributed by atoms with E-state index < -0.39 is 28.0 Å². The van der Waals surface area contributed by atoms with Crippen LogP contribution in [0.3, 0.4) is 0 Å². The number of carboxylic acid groups (broad SMARTS) is 1. The number of carbonyl (C=O) groups is 1. The van der Waals surface area contributed by atoms with Gasteiger partial charge in [0.15, 0.2) is 0 Å². The van der Waals surface area contributed by atoms with Gasteiger partial charge in [0.2, 0.25) is 10.0 Å². The van der Waals surface area contributed by atoms with Gasteiger partial charge in [-0.3, -0.25) is 4.79 Å². The maximum absolute atomic E-state index is 12.3. The van der Waals surface area contributed by atoms with Crippen LogP contribution in [-0.4, -0.2) is 25.5 Å². The highest BCUT2D eigenvalue weighted by Crippen LogP contribution is 2.29. The third kappa shape index (κ3) is 4.94. The van der Waals surface area contributed by atoms with Gasteiger partial charge in [0, 0.05) is 0 Å². The van der Waals surface area contributed by atoms with Crippen molar-refractivity contribution in [3.05, 3.63) is 53.6 Å². The summed E-state index contributed by atoms with van der Waals surface area (Å²) in [5.41, 5.74) is 0. The van der Waals surface area contributed by atoms with Crippen molar-refractivity contribution in [1.82, 2.24) is 4.72 Å². The van der Waals surface area contributed by atoms with Crippen LogP contribution in [0.5, 0.6) is 11.5 Å². The van der Waals surface area contributed by atoms with Crippen molar-refractivity contribution in [3.63, 3.8) is 0 Å². The van der Waals surface area contributed by atoms with Crippen LogP contribution < -0.4 is 9.46 Å². The molecule has 1 unspecified atom stereocenters. The van der Waals surface area contributed by atoms with Crippen molar-refractivity contribution < 1.29 is 23.1 Å². The van der Waals surface area contributed by atoms with Gasteiger partial charge in [0.25, 0.3) is 0 Å². The van der Waals surface area contributed by atoms with Crippen molar-refractivity contribution in [2.45, 2.75) is 24.8 Å². The number of ether oxygens (including phenoxy) is 1. The Morgan fingerprint density at radius 3 is 2.24 bits per heavy atom. The molecule has 1 atom stereocenters. The van der Waals surface area contributed by atoms with Gasteiger partial charge >= 0.3 is 5.97 Å². The first-order valence-corrected chi connectivity index (χ1v) is 9.34. The maximum Gasteiger partial charge on any atom is 0.322 e. The molecule has 0 amide bonds. The Labute approximate surface area is 151 Å². The molecular weight excluding hydrogens is 366 g/mol. The van der Waals surface area contributed by atoms with Gasteiger partial charge in [0.1, 0.15) is 17.5 Å². The van der Waals surface area contributed by atoms with Gasteiger partial charge in [-0.1, -0.05) is 37.6 Å². The molecule has 0 spiro atoms. The Bertz CT molecular complexity index is 850. The summed E-state index contributed by atoms with van der Waals surface area (Å²) in [4.78, 5) is 11.1. The number of nitrogens with one attached hydrogen (secondary N) is 1. The standard InChI is InChI=1S/C17H18ClNO5S/c1-11(2)16(17(20)21)19-25(22,23)13-9-7-12(8-10-13)24-15-6-4-3-5-14(15)18/h3-11,16,19H,1-2H3,(H,20,21). The lowest BCUT2D eigenvalue weighted by Crippen LogP contribution is -2.44. The van der Waals surface area contributed by atoms with Crippen LogP contribution >= 0.6 is 11.6 Å². The molecule has 0 aromatic heterocycles. The minimum absolute atomic E-state index is 0.0501. The molecule has 0 aliphatic carbocycles. The Morgan fingerprint density at radius 2 is 1.72 bits per heavy atom. The third-order valence-corrected chi connectivity index (χ3v) is 5.18. The highest BCUT2D eigenvalue weighted by molar-refractivity contribution is 7.89. The molecule has 134 valence electrons. The lowest BCUT2D eigenvalue weighted by molar-refractivity contribution is -0.140. The van der Waals surface area contributed by atoms with E-state index in [-0.39, 0.29) is 4.90 Å². The molecule has 25 heavy (non-hydrogen) atoms. The Morgan fingerprint density at radius 1 is 1.12 bits per heavy atom. The average Bonchev–Trinajstić information content (AvgIpc) is 2.55. The first-order chi connectivity index (χ1) is 11.7. The normalized spacial score (nSPS) is 12.8. The van der Waals surface area contributed by atoms with E-state index in [1.54, 1.807) is 38.1 Å². The van der Waals surface area contributed by atoms with Gasteiger partial charge in [-0.2, -0.15) is 4.72 Å². The number of benzene rings is 2. The van der Waals surface area contributed by atoms with Crippen LogP contribution in [-0.2, 0) is 14.8 Å². The van der Waals surface area contributed by atoms with Crippen LogP contribution in [0.1, 0.15) is 13.8 Å². The van der Waals surface area contributed by atoms with Crippen LogP contribution in [0, 0.1) is 5.92 Å². The minimum atomic E-state index is -3.96. The first-order valence-electron chi connectivity index (χ1n) is 7.48. The molecule has 0 bridgehead atoms. The SMILES string of the molecule is CC(C)C(NS(=O)(=O)c1ccc(Oc2ccccc2Cl)cc1)C(=O)O. The van der Waals surface area contributed by atoms with E-state index in [1.165, 1.54) is 24.3 Å². The van der Waals surface area contributed by atoms with Crippen molar-refractivity contribution in [2.75, 3.05) is 0 Å². The average molecular weight is 384 g/mol. The molecule has 0 saturated heterocycles. The summed E-state index contributed by atoms with van der Waals surface area (Å²) in [6.45, 7) is 3.25. The first kappa shape index (κ1) is 19.2. The predicted octanol–water partition coefficient (Wildman–Crippen LogP) is 3.52. The lowest BCUT2D eigenvalue weighted by Gasteiger charge is -2.18. The van der Waals surface area contributed by atoms with E-state index in [0.717, 1.165) is 0 Å². The minimum Gasteiger partial charge on any atom is -0.480 e. The Balaban J connectivity index is 2.18. The van der Waals surface area contributed by atoms with E-state index in [2.05, 4.69) is 4.72 Å². The molecular formula is C17H18ClNO5S. The number of carboxylic acids is 1. The van der Waals surface area contributed by atoms with Crippen molar-refractivity contribution in [1.29, 1.82) is 0 Å².